The van der Waals surface area contributed by atoms with Crippen molar-refractivity contribution in [2.24, 2.45) is 5.73 Å². The molecule has 1 heterocycles. The van der Waals surface area contributed by atoms with Gasteiger partial charge in [-0.25, -0.2) is 8.42 Å². The quantitative estimate of drug-likeness (QED) is 0.287. The highest BCUT2D eigenvalue weighted by Crippen LogP contribution is 2.35. The fraction of sp³-hybridized carbons (Fsp3) is 0.0800. The molecule has 0 aliphatic rings. The number of aromatic amines is 1. The van der Waals surface area contributed by atoms with Crippen molar-refractivity contribution < 1.29 is 13.2 Å². The first kappa shape index (κ1) is 21.5. The van der Waals surface area contributed by atoms with Crippen LogP contribution in [0.2, 0.25) is 0 Å². The first-order chi connectivity index (χ1) is 15.4. The fourth-order valence-electron chi connectivity index (χ4n) is 3.73. The Bertz CT molecular complexity index is 1420. The molecule has 0 bridgehead atoms. The van der Waals surface area contributed by atoms with Crippen molar-refractivity contribution in [2.45, 2.75) is 11.4 Å². The molecule has 0 saturated carbocycles. The summed E-state index contributed by atoms with van der Waals surface area (Å²) in [4.78, 5) is 14.2. The van der Waals surface area contributed by atoms with Crippen molar-refractivity contribution >= 4 is 32.7 Å². The van der Waals surface area contributed by atoms with Crippen molar-refractivity contribution in [3.8, 4) is 22.4 Å². The Hall–Kier alpha value is -3.68. The summed E-state index contributed by atoms with van der Waals surface area (Å²) in [5, 5.41) is 4.11. The molecule has 0 aliphatic carbocycles. The van der Waals surface area contributed by atoms with Gasteiger partial charge in [-0.15, -0.1) is 0 Å². The second-order valence-corrected chi connectivity index (χ2v) is 9.48. The highest BCUT2D eigenvalue weighted by molar-refractivity contribution is 7.90. The number of benzene rings is 3. The molecular formula is C25H23N3O3S. The fourth-order valence-corrected chi connectivity index (χ4v) is 4.36. The van der Waals surface area contributed by atoms with Gasteiger partial charge in [0.25, 0.3) is 0 Å². The van der Waals surface area contributed by atoms with Gasteiger partial charge < -0.3 is 16.0 Å². The van der Waals surface area contributed by atoms with Crippen LogP contribution in [0.1, 0.15) is 5.56 Å². The molecule has 7 heteroatoms. The van der Waals surface area contributed by atoms with Gasteiger partial charge in [-0.3, -0.25) is 4.79 Å². The van der Waals surface area contributed by atoms with Gasteiger partial charge in [-0.1, -0.05) is 30.3 Å². The minimum Gasteiger partial charge on any atom is -0.362 e. The molecule has 6 nitrogen and oxygen atoms in total. The lowest BCUT2D eigenvalue weighted by molar-refractivity contribution is -0.104. The number of aromatic nitrogens is 1. The lowest BCUT2D eigenvalue weighted by atomic mass is 9.96. The number of carbonyl (C=O) groups is 1. The van der Waals surface area contributed by atoms with Crippen molar-refractivity contribution in [1.82, 2.24) is 4.98 Å². The smallest absolute Gasteiger partial charge is 0.175 e. The summed E-state index contributed by atoms with van der Waals surface area (Å²) >= 11 is 0. The number of rotatable bonds is 7. The highest BCUT2D eigenvalue weighted by Gasteiger charge is 2.13. The topological polar surface area (TPSA) is 105 Å². The van der Waals surface area contributed by atoms with E-state index in [2.05, 4.69) is 22.4 Å². The summed E-state index contributed by atoms with van der Waals surface area (Å²) in [6.45, 7) is 0.364. The summed E-state index contributed by atoms with van der Waals surface area (Å²) in [7, 11) is -3.24. The number of anilines is 1. The summed E-state index contributed by atoms with van der Waals surface area (Å²) < 4.78 is 23.5. The molecule has 1 aromatic heterocycles. The van der Waals surface area contributed by atoms with E-state index in [9.17, 15) is 13.2 Å². The summed E-state index contributed by atoms with van der Waals surface area (Å²) in [5.74, 6) is 0. The van der Waals surface area contributed by atoms with E-state index in [-0.39, 0.29) is 0 Å². The van der Waals surface area contributed by atoms with Crippen LogP contribution in [0, 0.1) is 0 Å². The summed E-state index contributed by atoms with van der Waals surface area (Å²) in [6, 6.07) is 20.9. The number of hydrogen-bond donors (Lipinski definition) is 3. The molecule has 0 spiro atoms. The van der Waals surface area contributed by atoms with E-state index in [4.69, 9.17) is 5.73 Å². The molecule has 32 heavy (non-hydrogen) atoms. The Labute approximate surface area is 186 Å². The molecule has 4 rings (SSSR count). The van der Waals surface area contributed by atoms with E-state index in [0.717, 1.165) is 44.5 Å². The van der Waals surface area contributed by atoms with Gasteiger partial charge in [-0.2, -0.15) is 0 Å². The van der Waals surface area contributed by atoms with E-state index < -0.39 is 9.84 Å². The van der Waals surface area contributed by atoms with Crippen molar-refractivity contribution in [2.75, 3.05) is 11.6 Å². The average molecular weight is 446 g/mol. The Morgan fingerprint density at radius 1 is 1.00 bits per heavy atom. The van der Waals surface area contributed by atoms with Gasteiger partial charge in [0.05, 0.1) is 4.90 Å². The number of aldehydes is 1. The molecule has 0 fully saturated rings. The monoisotopic (exact) mass is 445 g/mol. The van der Waals surface area contributed by atoms with Crippen LogP contribution in [-0.4, -0.2) is 25.9 Å². The Morgan fingerprint density at radius 3 is 2.47 bits per heavy atom. The van der Waals surface area contributed by atoms with Gasteiger partial charge in [0.2, 0.25) is 0 Å². The zero-order chi connectivity index (χ0) is 22.7. The molecule has 0 amide bonds. The highest BCUT2D eigenvalue weighted by atomic mass is 32.2. The third-order valence-corrected chi connectivity index (χ3v) is 6.43. The van der Waals surface area contributed by atoms with Gasteiger partial charge in [0.15, 0.2) is 9.84 Å². The summed E-state index contributed by atoms with van der Waals surface area (Å²) in [6.07, 6.45) is 4.88. The molecule has 3 aromatic carbocycles. The van der Waals surface area contributed by atoms with Crippen LogP contribution in [-0.2, 0) is 21.2 Å². The molecule has 0 unspecified atom stereocenters. The normalized spacial score (nSPS) is 11.8. The van der Waals surface area contributed by atoms with Gasteiger partial charge >= 0.3 is 0 Å². The predicted octanol–water partition coefficient (Wildman–Crippen LogP) is 4.49. The number of allylic oxidation sites excluding steroid dienone is 1. The number of nitrogens with two attached hydrogens (primary N) is 1. The third kappa shape index (κ3) is 4.34. The third-order valence-electron chi connectivity index (χ3n) is 5.30. The van der Waals surface area contributed by atoms with Crippen LogP contribution in [0.25, 0.3) is 33.3 Å². The molecule has 4 aromatic rings. The van der Waals surface area contributed by atoms with E-state index in [1.54, 1.807) is 30.5 Å². The van der Waals surface area contributed by atoms with E-state index in [1.807, 2.05) is 30.3 Å². The van der Waals surface area contributed by atoms with Gasteiger partial charge in [0.1, 0.15) is 6.29 Å². The number of sulfone groups is 1. The number of nitrogens with one attached hydrogen (secondary N) is 2. The molecule has 0 aliphatic heterocycles. The van der Waals surface area contributed by atoms with Crippen LogP contribution in [0.15, 0.2) is 83.9 Å². The molecule has 0 atom stereocenters. The zero-order valence-corrected chi connectivity index (χ0v) is 18.3. The predicted molar refractivity (Wildman–Crippen MR) is 129 cm³/mol. The van der Waals surface area contributed by atoms with E-state index in [1.165, 1.54) is 12.3 Å². The SMILES string of the molecule is CS(=O)(=O)c1ccc(-c2cc3c(-c4ccc(NC=CC=O)cc4CN)cccc3[nH]2)cc1. The second kappa shape index (κ2) is 8.82. The van der Waals surface area contributed by atoms with Crippen LogP contribution in [0.4, 0.5) is 5.69 Å². The van der Waals surface area contributed by atoms with Crippen molar-refractivity contribution in [1.29, 1.82) is 0 Å². The second-order valence-electron chi connectivity index (χ2n) is 7.46. The summed E-state index contributed by atoms with van der Waals surface area (Å²) in [5.41, 5.74) is 12.7. The molecule has 162 valence electrons. The van der Waals surface area contributed by atoms with Gasteiger partial charge in [0, 0.05) is 41.3 Å². The standard InChI is InChI=1S/C25H23N3O3S/c1-32(30,31)20-9-6-17(7-10-20)25-15-23-22(4-2-5-24(23)28-25)21-11-8-19(14-18(21)16-26)27-12-3-13-29/h2-15,27-28H,16,26H2,1H3. The van der Waals surface area contributed by atoms with Crippen LogP contribution in [0.3, 0.4) is 0 Å². The number of carbonyl (C=O) groups excluding carboxylic acids is 1. The maximum atomic E-state index is 11.7. The van der Waals surface area contributed by atoms with Crippen LogP contribution >= 0.6 is 0 Å². The Morgan fingerprint density at radius 2 is 1.78 bits per heavy atom. The molecule has 0 radical (unpaired) electrons. The zero-order valence-electron chi connectivity index (χ0n) is 17.5. The maximum Gasteiger partial charge on any atom is 0.175 e. The van der Waals surface area contributed by atoms with Crippen LogP contribution < -0.4 is 11.1 Å². The maximum absolute atomic E-state index is 11.7. The van der Waals surface area contributed by atoms with Crippen molar-refractivity contribution in [3.63, 3.8) is 0 Å². The first-order valence-corrected chi connectivity index (χ1v) is 11.9. The Balaban J connectivity index is 1.76. The molecule has 4 N–H and O–H groups in total. The minimum atomic E-state index is -3.24. The number of fused-ring (bicyclic) bond motifs is 1. The number of hydrogen-bond acceptors (Lipinski definition) is 5. The van der Waals surface area contributed by atoms with E-state index in [0.29, 0.717) is 17.7 Å². The largest absolute Gasteiger partial charge is 0.362 e. The average Bonchev–Trinajstić information content (AvgIpc) is 3.23. The molecule has 0 saturated heterocycles. The molecular weight excluding hydrogens is 422 g/mol. The lowest BCUT2D eigenvalue weighted by Gasteiger charge is -2.12. The lowest BCUT2D eigenvalue weighted by Crippen LogP contribution is -2.00. The first-order valence-electron chi connectivity index (χ1n) is 10.0. The Kier molecular flexibility index (Phi) is 5.94. The minimum absolute atomic E-state index is 0.294. The van der Waals surface area contributed by atoms with Gasteiger partial charge in [-0.05, 0) is 64.7 Å². The van der Waals surface area contributed by atoms with Crippen molar-refractivity contribution in [3.05, 3.63) is 84.6 Å². The van der Waals surface area contributed by atoms with Crippen LogP contribution in [0.5, 0.6) is 0 Å². The number of H-pyrrole nitrogens is 1. The van der Waals surface area contributed by atoms with E-state index >= 15 is 0 Å².